The molecule has 0 radical (unpaired) electrons. The number of halogens is 1. The molecule has 0 spiro atoms. The molecule has 1 aliphatic heterocycles. The number of aromatic amines is 1. The lowest BCUT2D eigenvalue weighted by molar-refractivity contribution is 0.256. The standard InChI is InChI=1S/C20H22FN3/c21-17-5-3-15(4-6-17)20(24-11-1-2-12-24)14-23-18-7-8-19-16(13-18)9-10-22-19/h3-10,13,20,22-23H,1-2,11-12,14H2. The van der Waals surface area contributed by atoms with Crippen LogP contribution in [0.2, 0.25) is 0 Å². The van der Waals surface area contributed by atoms with Crippen molar-refractivity contribution in [1.29, 1.82) is 0 Å². The van der Waals surface area contributed by atoms with Crippen LogP contribution in [0.15, 0.2) is 54.7 Å². The van der Waals surface area contributed by atoms with Crippen LogP contribution < -0.4 is 5.32 Å². The zero-order valence-corrected chi connectivity index (χ0v) is 13.6. The van der Waals surface area contributed by atoms with Crippen molar-refractivity contribution in [3.63, 3.8) is 0 Å². The number of hydrogen-bond acceptors (Lipinski definition) is 2. The van der Waals surface area contributed by atoms with Gasteiger partial charge >= 0.3 is 0 Å². The van der Waals surface area contributed by atoms with Crippen molar-refractivity contribution >= 4 is 16.6 Å². The lowest BCUT2D eigenvalue weighted by atomic mass is 10.1. The van der Waals surface area contributed by atoms with Gasteiger partial charge in [0.1, 0.15) is 5.82 Å². The molecule has 4 heteroatoms. The third-order valence-electron chi connectivity index (χ3n) is 4.89. The molecule has 1 aromatic heterocycles. The van der Waals surface area contributed by atoms with Gasteiger partial charge in [-0.25, -0.2) is 4.39 Å². The molecule has 0 aliphatic carbocycles. The van der Waals surface area contributed by atoms with E-state index >= 15 is 0 Å². The Morgan fingerprint density at radius 2 is 1.83 bits per heavy atom. The predicted octanol–water partition coefficient (Wildman–Crippen LogP) is 4.56. The number of nitrogens with zero attached hydrogens (tertiary/aromatic N) is 1. The van der Waals surface area contributed by atoms with Crippen molar-refractivity contribution in [1.82, 2.24) is 9.88 Å². The van der Waals surface area contributed by atoms with Crippen LogP contribution in [0.1, 0.15) is 24.4 Å². The Kier molecular flexibility index (Phi) is 4.22. The quantitative estimate of drug-likeness (QED) is 0.721. The summed E-state index contributed by atoms with van der Waals surface area (Å²) in [6, 6.07) is 15.7. The highest BCUT2D eigenvalue weighted by Gasteiger charge is 2.23. The molecule has 0 bridgehead atoms. The first-order chi connectivity index (χ1) is 11.8. The van der Waals surface area contributed by atoms with Crippen LogP contribution in [-0.4, -0.2) is 29.5 Å². The van der Waals surface area contributed by atoms with Gasteiger partial charge in [0.15, 0.2) is 0 Å². The van der Waals surface area contributed by atoms with Gasteiger partial charge in [-0.1, -0.05) is 12.1 Å². The Bertz CT molecular complexity index is 803. The van der Waals surface area contributed by atoms with Crippen molar-refractivity contribution in [2.45, 2.75) is 18.9 Å². The van der Waals surface area contributed by atoms with Crippen LogP contribution >= 0.6 is 0 Å². The lowest BCUT2D eigenvalue weighted by Crippen LogP contribution is -2.31. The first kappa shape index (κ1) is 15.2. The van der Waals surface area contributed by atoms with Crippen molar-refractivity contribution in [2.75, 3.05) is 25.0 Å². The van der Waals surface area contributed by atoms with E-state index in [9.17, 15) is 4.39 Å². The number of benzene rings is 2. The van der Waals surface area contributed by atoms with Crippen LogP contribution in [0.5, 0.6) is 0 Å². The Labute approximate surface area is 141 Å². The van der Waals surface area contributed by atoms with E-state index in [0.717, 1.165) is 30.8 Å². The summed E-state index contributed by atoms with van der Waals surface area (Å²) in [7, 11) is 0. The topological polar surface area (TPSA) is 31.1 Å². The molecule has 1 aliphatic rings. The summed E-state index contributed by atoms with van der Waals surface area (Å²) in [5.41, 5.74) is 3.44. The fourth-order valence-electron chi connectivity index (χ4n) is 3.57. The summed E-state index contributed by atoms with van der Waals surface area (Å²) >= 11 is 0. The molecular formula is C20H22FN3. The van der Waals surface area contributed by atoms with Crippen LogP contribution in [-0.2, 0) is 0 Å². The van der Waals surface area contributed by atoms with Crippen molar-refractivity contribution in [3.8, 4) is 0 Å². The smallest absolute Gasteiger partial charge is 0.123 e. The van der Waals surface area contributed by atoms with E-state index in [1.807, 2.05) is 18.3 Å². The van der Waals surface area contributed by atoms with Crippen LogP contribution in [0, 0.1) is 5.82 Å². The summed E-state index contributed by atoms with van der Waals surface area (Å²) in [5, 5.41) is 4.78. The molecule has 24 heavy (non-hydrogen) atoms. The molecule has 1 atom stereocenters. The Hall–Kier alpha value is -2.33. The Morgan fingerprint density at radius 3 is 2.62 bits per heavy atom. The van der Waals surface area contributed by atoms with Crippen molar-refractivity contribution in [3.05, 3.63) is 66.1 Å². The average molecular weight is 323 g/mol. The van der Waals surface area contributed by atoms with Gasteiger partial charge in [-0.3, -0.25) is 4.90 Å². The highest BCUT2D eigenvalue weighted by Crippen LogP contribution is 2.26. The fourth-order valence-corrected chi connectivity index (χ4v) is 3.57. The molecule has 3 nitrogen and oxygen atoms in total. The van der Waals surface area contributed by atoms with E-state index in [1.165, 1.54) is 23.8 Å². The fraction of sp³-hybridized carbons (Fsp3) is 0.300. The zero-order chi connectivity index (χ0) is 16.4. The minimum Gasteiger partial charge on any atom is -0.383 e. The molecule has 0 amide bonds. The SMILES string of the molecule is Fc1ccc(C(CNc2ccc3[nH]ccc3c2)N2CCCC2)cc1. The van der Waals surface area contributed by atoms with Crippen molar-refractivity contribution < 1.29 is 4.39 Å². The highest BCUT2D eigenvalue weighted by atomic mass is 19.1. The third-order valence-corrected chi connectivity index (χ3v) is 4.89. The Morgan fingerprint density at radius 1 is 1.04 bits per heavy atom. The number of aromatic nitrogens is 1. The largest absolute Gasteiger partial charge is 0.383 e. The predicted molar refractivity (Wildman–Crippen MR) is 96.7 cm³/mol. The van der Waals surface area contributed by atoms with E-state index in [0.29, 0.717) is 0 Å². The number of anilines is 1. The minimum atomic E-state index is -0.176. The summed E-state index contributed by atoms with van der Waals surface area (Å²) in [6.45, 7) is 3.04. The number of hydrogen-bond donors (Lipinski definition) is 2. The summed E-state index contributed by atoms with van der Waals surface area (Å²) in [4.78, 5) is 5.71. The number of rotatable bonds is 5. The van der Waals surface area contributed by atoms with E-state index in [2.05, 4.69) is 39.5 Å². The lowest BCUT2D eigenvalue weighted by Gasteiger charge is -2.28. The minimum absolute atomic E-state index is 0.176. The maximum Gasteiger partial charge on any atom is 0.123 e. The second-order valence-electron chi connectivity index (χ2n) is 6.47. The molecule has 0 saturated carbocycles. The zero-order valence-electron chi connectivity index (χ0n) is 13.6. The average Bonchev–Trinajstić information content (AvgIpc) is 3.27. The molecule has 2 aromatic carbocycles. The molecule has 2 heterocycles. The van der Waals surface area contributed by atoms with Gasteiger partial charge in [0.05, 0.1) is 6.04 Å². The number of fused-ring (bicyclic) bond motifs is 1. The molecule has 2 N–H and O–H groups in total. The van der Waals surface area contributed by atoms with E-state index in [4.69, 9.17) is 0 Å². The van der Waals surface area contributed by atoms with Gasteiger partial charge in [0.25, 0.3) is 0 Å². The molecule has 1 unspecified atom stereocenters. The highest BCUT2D eigenvalue weighted by molar-refractivity contribution is 5.82. The number of nitrogens with one attached hydrogen (secondary N) is 2. The number of H-pyrrole nitrogens is 1. The van der Waals surface area contributed by atoms with Gasteiger partial charge in [-0.15, -0.1) is 0 Å². The second kappa shape index (κ2) is 6.65. The Balaban J connectivity index is 1.53. The number of likely N-dealkylation sites (tertiary alicyclic amines) is 1. The molecule has 3 aromatic rings. The van der Waals surface area contributed by atoms with Crippen LogP contribution in [0.4, 0.5) is 10.1 Å². The van der Waals surface area contributed by atoms with Gasteiger partial charge < -0.3 is 10.3 Å². The van der Waals surface area contributed by atoms with Crippen molar-refractivity contribution in [2.24, 2.45) is 0 Å². The molecule has 1 fully saturated rings. The van der Waals surface area contributed by atoms with Crippen LogP contribution in [0.3, 0.4) is 0 Å². The van der Waals surface area contributed by atoms with Gasteiger partial charge in [-0.2, -0.15) is 0 Å². The summed E-state index contributed by atoms with van der Waals surface area (Å²) in [6.07, 6.45) is 4.44. The van der Waals surface area contributed by atoms with Gasteiger partial charge in [0, 0.05) is 29.3 Å². The van der Waals surface area contributed by atoms with Gasteiger partial charge in [0.2, 0.25) is 0 Å². The summed E-state index contributed by atoms with van der Waals surface area (Å²) in [5.74, 6) is -0.176. The maximum atomic E-state index is 13.3. The monoisotopic (exact) mass is 323 g/mol. The molecular weight excluding hydrogens is 301 g/mol. The first-order valence-electron chi connectivity index (χ1n) is 8.60. The van der Waals surface area contributed by atoms with E-state index in [1.54, 1.807) is 12.1 Å². The second-order valence-corrected chi connectivity index (χ2v) is 6.47. The van der Waals surface area contributed by atoms with Crippen LogP contribution in [0.25, 0.3) is 10.9 Å². The molecule has 1 saturated heterocycles. The maximum absolute atomic E-state index is 13.3. The molecule has 124 valence electrons. The summed E-state index contributed by atoms with van der Waals surface area (Å²) < 4.78 is 13.3. The van der Waals surface area contributed by atoms with E-state index in [-0.39, 0.29) is 11.9 Å². The normalized spacial score (nSPS) is 16.5. The first-order valence-corrected chi connectivity index (χ1v) is 8.60. The van der Waals surface area contributed by atoms with E-state index < -0.39 is 0 Å². The van der Waals surface area contributed by atoms with Gasteiger partial charge in [-0.05, 0) is 67.9 Å². The molecule has 4 rings (SSSR count). The third kappa shape index (κ3) is 3.15.